The number of benzene rings is 1. The highest BCUT2D eigenvalue weighted by molar-refractivity contribution is 6.05. The molecular formula is C33H41N3O5. The molecule has 1 amide bonds. The Morgan fingerprint density at radius 1 is 1.15 bits per heavy atom. The molecule has 1 heterocycles. The van der Waals surface area contributed by atoms with Crippen LogP contribution in [0.3, 0.4) is 0 Å². The van der Waals surface area contributed by atoms with Crippen LogP contribution in [0, 0.1) is 28.6 Å². The second-order valence-electron chi connectivity index (χ2n) is 13.3. The first-order valence-corrected chi connectivity index (χ1v) is 14.9. The molecule has 0 spiro atoms. The molecule has 4 N–H and O–H groups in total. The molecule has 3 saturated carbocycles. The molecular weight excluding hydrogens is 518 g/mol. The second kappa shape index (κ2) is 10.2. The van der Waals surface area contributed by atoms with E-state index in [-0.39, 0.29) is 23.9 Å². The number of hydrogen-bond acceptors (Lipinski definition) is 5. The number of amides is 1. The van der Waals surface area contributed by atoms with Crippen LogP contribution in [0.5, 0.6) is 0 Å². The van der Waals surface area contributed by atoms with Gasteiger partial charge < -0.3 is 25.4 Å². The van der Waals surface area contributed by atoms with Gasteiger partial charge in [0.05, 0.1) is 5.60 Å². The fourth-order valence-corrected chi connectivity index (χ4v) is 8.63. The number of carboxylic acids is 1. The summed E-state index contributed by atoms with van der Waals surface area (Å²) in [6.07, 6.45) is 14.6. The van der Waals surface area contributed by atoms with Gasteiger partial charge in [-0.25, -0.2) is 4.79 Å². The molecule has 4 unspecified atom stereocenters. The van der Waals surface area contributed by atoms with E-state index in [9.17, 15) is 19.8 Å². The SMILES string of the molecule is C[C@]12C=C/C(=N\OCC(=O)NC(Cc3c[nH]c4ccccc34)C(=O)O)C=C1CCC1C2CC[C@@]2(C)C1CC[C@]2(C)O. The maximum absolute atomic E-state index is 12.6. The van der Waals surface area contributed by atoms with Crippen LogP contribution in [0.4, 0.5) is 0 Å². The van der Waals surface area contributed by atoms with Gasteiger partial charge in [-0.1, -0.05) is 48.9 Å². The van der Waals surface area contributed by atoms with E-state index in [0.717, 1.165) is 55.0 Å². The van der Waals surface area contributed by atoms with Crippen molar-refractivity contribution in [2.24, 2.45) is 33.7 Å². The van der Waals surface area contributed by atoms with Crippen LogP contribution in [0.1, 0.15) is 64.9 Å². The summed E-state index contributed by atoms with van der Waals surface area (Å²) in [4.78, 5) is 33.0. The minimum absolute atomic E-state index is 0.000224. The van der Waals surface area contributed by atoms with Gasteiger partial charge in [-0.15, -0.1) is 0 Å². The molecule has 1 aromatic heterocycles. The summed E-state index contributed by atoms with van der Waals surface area (Å²) in [5.41, 5.74) is 3.16. The Kier molecular flexibility index (Phi) is 6.88. The normalized spacial score (nSPS) is 35.8. The van der Waals surface area contributed by atoms with Gasteiger partial charge in [-0.2, -0.15) is 0 Å². The van der Waals surface area contributed by atoms with E-state index in [1.807, 2.05) is 37.3 Å². The smallest absolute Gasteiger partial charge is 0.326 e. The minimum atomic E-state index is -1.10. The number of aromatic amines is 1. The van der Waals surface area contributed by atoms with Gasteiger partial charge in [-0.3, -0.25) is 4.79 Å². The Labute approximate surface area is 240 Å². The van der Waals surface area contributed by atoms with Crippen LogP contribution < -0.4 is 5.32 Å². The van der Waals surface area contributed by atoms with Crippen molar-refractivity contribution in [1.29, 1.82) is 0 Å². The zero-order valence-corrected chi connectivity index (χ0v) is 24.2. The monoisotopic (exact) mass is 559 g/mol. The summed E-state index contributed by atoms with van der Waals surface area (Å²) < 4.78 is 0. The average molecular weight is 560 g/mol. The van der Waals surface area contributed by atoms with Crippen molar-refractivity contribution in [2.75, 3.05) is 6.61 Å². The lowest BCUT2D eigenvalue weighted by Gasteiger charge is -2.58. The Morgan fingerprint density at radius 3 is 2.73 bits per heavy atom. The molecule has 2 aromatic rings. The number of aliphatic carboxylic acids is 1. The number of carbonyl (C=O) groups excluding carboxylic acids is 1. The number of carboxylic acid groups (broad SMARTS) is 1. The van der Waals surface area contributed by atoms with E-state index in [1.165, 1.54) is 5.57 Å². The van der Waals surface area contributed by atoms with Gasteiger partial charge in [0, 0.05) is 28.9 Å². The molecule has 3 fully saturated rings. The van der Waals surface area contributed by atoms with Gasteiger partial charge in [0.2, 0.25) is 0 Å². The van der Waals surface area contributed by atoms with Crippen molar-refractivity contribution in [2.45, 2.75) is 77.4 Å². The number of H-pyrrole nitrogens is 1. The van der Waals surface area contributed by atoms with Crippen LogP contribution in [0.15, 0.2) is 59.4 Å². The number of aromatic nitrogens is 1. The lowest BCUT2D eigenvalue weighted by atomic mass is 9.47. The quantitative estimate of drug-likeness (QED) is 0.350. The van der Waals surface area contributed by atoms with Crippen molar-refractivity contribution >= 4 is 28.5 Å². The van der Waals surface area contributed by atoms with Gasteiger partial charge in [0.15, 0.2) is 6.61 Å². The summed E-state index contributed by atoms with van der Waals surface area (Å²) in [5.74, 6) is 0.0834. The maximum atomic E-state index is 12.6. The Bertz CT molecular complexity index is 1450. The average Bonchev–Trinajstić information content (AvgIpc) is 3.45. The first kappa shape index (κ1) is 27.8. The number of allylic oxidation sites excluding steroid dienone is 4. The highest BCUT2D eigenvalue weighted by Gasteiger charge is 2.62. The number of hydrogen-bond donors (Lipinski definition) is 4. The molecule has 8 heteroatoms. The standard InChI is InChI=1S/C33H41N3O5/c1-31-13-10-22(17-21(31)8-9-24-25(31)11-14-32(2)26(24)12-15-33(32,3)40)36-41-19-29(37)35-28(30(38)39)16-20-18-34-27-7-5-4-6-23(20)27/h4-7,10,13,17-18,24-26,28,34,40H,8-9,11-12,14-16,19H2,1-3H3,(H,35,37)(H,38,39)/b36-22+/t24?,25?,26?,28?,31-,32-,33-/m0/s1. The molecule has 1 aromatic carbocycles. The first-order valence-electron chi connectivity index (χ1n) is 14.9. The summed E-state index contributed by atoms with van der Waals surface area (Å²) in [5, 5.41) is 28.6. The number of aliphatic hydroxyl groups is 1. The fraction of sp³-hybridized carbons (Fsp3) is 0.545. The Hall–Kier alpha value is -3.39. The van der Waals surface area contributed by atoms with E-state index >= 15 is 0 Å². The zero-order chi connectivity index (χ0) is 29.0. The number of nitrogens with zero attached hydrogens (tertiary/aromatic N) is 1. The molecule has 0 bridgehead atoms. The largest absolute Gasteiger partial charge is 0.480 e. The summed E-state index contributed by atoms with van der Waals surface area (Å²) in [7, 11) is 0. The predicted octanol–water partition coefficient (Wildman–Crippen LogP) is 5.14. The van der Waals surface area contributed by atoms with E-state index < -0.39 is 23.5 Å². The molecule has 6 rings (SSSR count). The lowest BCUT2D eigenvalue weighted by molar-refractivity contribution is -0.142. The number of nitrogens with one attached hydrogen (secondary N) is 2. The molecule has 41 heavy (non-hydrogen) atoms. The Morgan fingerprint density at radius 2 is 1.93 bits per heavy atom. The Balaban J connectivity index is 1.07. The molecule has 218 valence electrons. The fourth-order valence-electron chi connectivity index (χ4n) is 8.63. The highest BCUT2D eigenvalue weighted by atomic mass is 16.6. The van der Waals surface area contributed by atoms with Crippen molar-refractivity contribution in [3.05, 3.63) is 59.8 Å². The third kappa shape index (κ3) is 4.70. The van der Waals surface area contributed by atoms with Crippen molar-refractivity contribution < 1.29 is 24.6 Å². The second-order valence-corrected chi connectivity index (χ2v) is 13.3. The molecule has 8 nitrogen and oxygen atoms in total. The highest BCUT2D eigenvalue weighted by Crippen LogP contribution is 2.66. The van der Waals surface area contributed by atoms with Crippen LogP contribution >= 0.6 is 0 Å². The van der Waals surface area contributed by atoms with E-state index in [4.69, 9.17) is 4.84 Å². The number of rotatable bonds is 7. The lowest BCUT2D eigenvalue weighted by Crippen LogP contribution is -2.53. The van der Waals surface area contributed by atoms with E-state index in [1.54, 1.807) is 6.20 Å². The van der Waals surface area contributed by atoms with Gasteiger partial charge in [-0.05, 0) is 92.4 Å². The summed E-state index contributed by atoms with van der Waals surface area (Å²) >= 11 is 0. The van der Waals surface area contributed by atoms with Crippen molar-refractivity contribution in [1.82, 2.24) is 10.3 Å². The predicted molar refractivity (Wildman–Crippen MR) is 157 cm³/mol. The number of para-hydroxylation sites is 1. The third-order valence-corrected chi connectivity index (χ3v) is 11.2. The van der Waals surface area contributed by atoms with Gasteiger partial charge >= 0.3 is 5.97 Å². The number of oxime groups is 1. The minimum Gasteiger partial charge on any atom is -0.480 e. The number of fused-ring (bicyclic) bond motifs is 6. The van der Waals surface area contributed by atoms with Crippen LogP contribution in [0.25, 0.3) is 10.9 Å². The summed E-state index contributed by atoms with van der Waals surface area (Å²) in [6, 6.07) is 6.58. The van der Waals surface area contributed by atoms with Gasteiger partial charge in [0.1, 0.15) is 11.8 Å². The van der Waals surface area contributed by atoms with Crippen molar-refractivity contribution in [3.63, 3.8) is 0 Å². The molecule has 0 radical (unpaired) electrons. The zero-order valence-electron chi connectivity index (χ0n) is 24.2. The number of carbonyl (C=O) groups is 2. The third-order valence-electron chi connectivity index (χ3n) is 11.2. The molecule has 7 atom stereocenters. The van der Waals surface area contributed by atoms with Gasteiger partial charge in [0.25, 0.3) is 5.91 Å². The maximum Gasteiger partial charge on any atom is 0.326 e. The summed E-state index contributed by atoms with van der Waals surface area (Å²) in [6.45, 7) is 6.33. The van der Waals surface area contributed by atoms with Crippen LogP contribution in [-0.4, -0.2) is 51.0 Å². The van der Waals surface area contributed by atoms with Crippen molar-refractivity contribution in [3.8, 4) is 0 Å². The van der Waals surface area contributed by atoms with E-state index in [2.05, 4.69) is 41.5 Å². The molecule has 4 aliphatic rings. The molecule has 4 aliphatic carbocycles. The molecule has 0 aliphatic heterocycles. The van der Waals surface area contributed by atoms with Crippen LogP contribution in [0.2, 0.25) is 0 Å². The first-order chi connectivity index (χ1) is 19.5. The molecule has 0 saturated heterocycles. The topological polar surface area (TPSA) is 124 Å². The van der Waals surface area contributed by atoms with Crippen LogP contribution in [-0.2, 0) is 20.8 Å². The van der Waals surface area contributed by atoms with E-state index in [0.29, 0.717) is 23.5 Å².